The van der Waals surface area contributed by atoms with E-state index in [-0.39, 0.29) is 0 Å². The normalized spacial score (nSPS) is 12.1. The van der Waals surface area contributed by atoms with E-state index in [2.05, 4.69) is 174 Å². The average molecular weight is 805 g/mol. The summed E-state index contributed by atoms with van der Waals surface area (Å²) in [7, 11) is 0. The molecule has 0 aliphatic heterocycles. The molecule has 0 aliphatic carbocycles. The third kappa shape index (κ3) is 5.03. The molecule has 6 nitrogen and oxygen atoms in total. The second kappa shape index (κ2) is 12.9. The molecule has 4 heterocycles. The largest absolute Gasteiger partial charge is 0.455 e. The van der Waals surface area contributed by atoms with Crippen LogP contribution in [0, 0.1) is 0 Å². The summed E-state index contributed by atoms with van der Waals surface area (Å²) in [6, 6.07) is 68.0. The molecule has 0 saturated heterocycles. The molecule has 63 heavy (non-hydrogen) atoms. The number of para-hydroxylation sites is 3. The van der Waals surface area contributed by atoms with Crippen molar-refractivity contribution in [2.24, 2.45) is 0 Å². The summed E-state index contributed by atoms with van der Waals surface area (Å²) in [5.74, 6) is 1.55. The first-order valence-electron chi connectivity index (χ1n) is 21.2. The highest BCUT2D eigenvalue weighted by molar-refractivity contribution is 6.17. The number of fused-ring (bicyclic) bond motifs is 12. The summed E-state index contributed by atoms with van der Waals surface area (Å²) in [6.45, 7) is 0. The van der Waals surface area contributed by atoms with Gasteiger partial charge in [0.25, 0.3) is 0 Å². The second-order valence-corrected chi connectivity index (χ2v) is 16.3. The molecule has 0 amide bonds. The Morgan fingerprint density at radius 3 is 1.70 bits per heavy atom. The Morgan fingerprint density at radius 2 is 0.873 bits per heavy atom. The third-order valence-electron chi connectivity index (χ3n) is 12.8. The molecule has 6 heteroatoms. The fourth-order valence-corrected chi connectivity index (χ4v) is 9.90. The highest BCUT2D eigenvalue weighted by Crippen LogP contribution is 2.45. The van der Waals surface area contributed by atoms with Gasteiger partial charge in [0.15, 0.2) is 17.5 Å². The molecule has 14 aromatic rings. The zero-order chi connectivity index (χ0) is 41.2. The van der Waals surface area contributed by atoms with Crippen molar-refractivity contribution in [1.82, 2.24) is 19.5 Å². The number of nitrogens with zero attached hydrogens (tertiary/aromatic N) is 4. The van der Waals surface area contributed by atoms with Crippen LogP contribution in [-0.2, 0) is 0 Å². The average Bonchev–Trinajstić information content (AvgIpc) is 4.01. The van der Waals surface area contributed by atoms with Crippen LogP contribution in [0.15, 0.2) is 203 Å². The summed E-state index contributed by atoms with van der Waals surface area (Å²) < 4.78 is 16.1. The highest BCUT2D eigenvalue weighted by Gasteiger charge is 2.26. The first-order valence-corrected chi connectivity index (χ1v) is 21.2. The summed E-state index contributed by atoms with van der Waals surface area (Å²) >= 11 is 0. The van der Waals surface area contributed by atoms with Crippen molar-refractivity contribution in [1.29, 1.82) is 0 Å². The number of hydrogen-bond acceptors (Lipinski definition) is 5. The van der Waals surface area contributed by atoms with Crippen molar-refractivity contribution in [3.05, 3.63) is 194 Å². The molecular formula is C57H32N4O2. The molecule has 14 rings (SSSR count). The maximum atomic E-state index is 7.12. The van der Waals surface area contributed by atoms with Gasteiger partial charge in [-0.05, 0) is 86.9 Å². The minimum Gasteiger partial charge on any atom is -0.455 e. The fraction of sp³-hybridized carbons (Fsp3) is 0. The van der Waals surface area contributed by atoms with E-state index in [0.717, 1.165) is 109 Å². The van der Waals surface area contributed by atoms with E-state index in [1.807, 2.05) is 24.3 Å². The molecule has 0 bridgehead atoms. The van der Waals surface area contributed by atoms with Crippen LogP contribution >= 0.6 is 0 Å². The molecule has 4 aromatic heterocycles. The molecule has 0 radical (unpaired) electrons. The molecule has 0 spiro atoms. The lowest BCUT2D eigenvalue weighted by atomic mass is 10.0. The van der Waals surface area contributed by atoms with Crippen LogP contribution in [0.2, 0.25) is 0 Å². The monoisotopic (exact) mass is 804 g/mol. The van der Waals surface area contributed by atoms with Crippen molar-refractivity contribution in [2.75, 3.05) is 0 Å². The molecular weight excluding hydrogens is 773 g/mol. The summed E-state index contributed by atoms with van der Waals surface area (Å²) in [6.07, 6.45) is 0. The van der Waals surface area contributed by atoms with E-state index in [1.54, 1.807) is 0 Å². The van der Waals surface area contributed by atoms with Crippen LogP contribution < -0.4 is 0 Å². The Balaban J connectivity index is 1.15. The molecule has 10 aromatic carbocycles. The Kier molecular flexibility index (Phi) is 7.02. The van der Waals surface area contributed by atoms with Crippen molar-refractivity contribution >= 4 is 98.0 Å². The zero-order valence-corrected chi connectivity index (χ0v) is 33.6. The molecule has 0 aliphatic rings. The first-order chi connectivity index (χ1) is 31.2. The smallest absolute Gasteiger partial charge is 0.170 e. The Morgan fingerprint density at radius 1 is 0.317 bits per heavy atom. The van der Waals surface area contributed by atoms with E-state index >= 15 is 0 Å². The number of hydrogen-bond donors (Lipinski definition) is 0. The molecule has 0 unspecified atom stereocenters. The van der Waals surface area contributed by atoms with E-state index in [4.69, 9.17) is 23.8 Å². The topological polar surface area (TPSA) is 69.9 Å². The van der Waals surface area contributed by atoms with Crippen LogP contribution in [0.25, 0.3) is 138 Å². The minimum atomic E-state index is 0.493. The van der Waals surface area contributed by atoms with Gasteiger partial charge in [-0.15, -0.1) is 0 Å². The molecule has 0 N–H and O–H groups in total. The molecule has 0 atom stereocenters. The SMILES string of the molecule is c1ccc2cc3c(cc2c1)oc1c(-c2nc(-c4cccc5ccccc45)nc(-c4cccc5c4oc4ccccc45)n2)c(-n2c4ccccc4c4cc5ccccc5cc42)ccc13. The standard InChI is InChI=1S/C57H32N4O2/c1-3-16-36-31-49-45(29-34(36)14-1)39-20-7-9-25-47(39)61(49)48-28-27-42-46-30-35-15-2-4-17-37(35)32-51(46)63-54(42)52(48)57-59-55(43-23-11-18-33-13-5-6-19-38(33)43)58-56(60-57)44-24-12-22-41-40-21-8-10-26-50(40)62-53(41)44/h1-32H. The molecule has 0 saturated carbocycles. The Labute approximate surface area is 358 Å². The molecule has 292 valence electrons. The van der Waals surface area contributed by atoms with Gasteiger partial charge < -0.3 is 13.4 Å². The van der Waals surface area contributed by atoms with Gasteiger partial charge in [0, 0.05) is 37.9 Å². The number of aromatic nitrogens is 4. The van der Waals surface area contributed by atoms with Crippen molar-refractivity contribution in [3.8, 4) is 39.9 Å². The zero-order valence-electron chi connectivity index (χ0n) is 33.6. The van der Waals surface area contributed by atoms with Crippen LogP contribution in [0.1, 0.15) is 0 Å². The Hall–Kier alpha value is -8.61. The first kappa shape index (κ1) is 34.1. The third-order valence-corrected chi connectivity index (χ3v) is 12.8. The van der Waals surface area contributed by atoms with Gasteiger partial charge in [-0.1, -0.05) is 140 Å². The van der Waals surface area contributed by atoms with Gasteiger partial charge in [0.2, 0.25) is 0 Å². The lowest BCUT2D eigenvalue weighted by Crippen LogP contribution is -2.04. The van der Waals surface area contributed by atoms with E-state index in [0.29, 0.717) is 23.1 Å². The van der Waals surface area contributed by atoms with Gasteiger partial charge in [-0.25, -0.2) is 15.0 Å². The summed E-state index contributed by atoms with van der Waals surface area (Å²) in [4.78, 5) is 16.3. The van der Waals surface area contributed by atoms with Gasteiger partial charge >= 0.3 is 0 Å². The van der Waals surface area contributed by atoms with Crippen LogP contribution in [0.5, 0.6) is 0 Å². The minimum absolute atomic E-state index is 0.493. The van der Waals surface area contributed by atoms with Gasteiger partial charge in [-0.2, -0.15) is 0 Å². The van der Waals surface area contributed by atoms with Crippen LogP contribution in [0.3, 0.4) is 0 Å². The molecule has 0 fully saturated rings. The summed E-state index contributed by atoms with van der Waals surface area (Å²) in [5.41, 5.74) is 8.53. The maximum Gasteiger partial charge on any atom is 0.170 e. The fourth-order valence-electron chi connectivity index (χ4n) is 9.90. The lowest BCUT2D eigenvalue weighted by molar-refractivity contribution is 0.669. The van der Waals surface area contributed by atoms with Crippen LogP contribution in [-0.4, -0.2) is 19.5 Å². The van der Waals surface area contributed by atoms with Crippen molar-refractivity contribution in [3.63, 3.8) is 0 Å². The van der Waals surface area contributed by atoms with Crippen LogP contribution in [0.4, 0.5) is 0 Å². The predicted molar refractivity (Wildman–Crippen MR) is 258 cm³/mol. The van der Waals surface area contributed by atoms with E-state index < -0.39 is 0 Å². The summed E-state index contributed by atoms with van der Waals surface area (Å²) in [5, 5.41) is 13.1. The van der Waals surface area contributed by atoms with Crippen molar-refractivity contribution in [2.45, 2.75) is 0 Å². The van der Waals surface area contributed by atoms with Gasteiger partial charge in [0.1, 0.15) is 22.3 Å². The van der Waals surface area contributed by atoms with E-state index in [1.165, 1.54) is 5.39 Å². The van der Waals surface area contributed by atoms with Gasteiger partial charge in [0.05, 0.1) is 27.8 Å². The van der Waals surface area contributed by atoms with E-state index in [9.17, 15) is 0 Å². The lowest BCUT2D eigenvalue weighted by Gasteiger charge is -2.16. The second-order valence-electron chi connectivity index (χ2n) is 16.3. The number of rotatable bonds is 4. The van der Waals surface area contributed by atoms with Crippen molar-refractivity contribution < 1.29 is 8.83 Å². The predicted octanol–water partition coefficient (Wildman–Crippen LogP) is 15.2. The Bertz CT molecular complexity index is 4230. The number of benzene rings is 10. The number of furan rings is 2. The highest BCUT2D eigenvalue weighted by atomic mass is 16.3. The maximum absolute atomic E-state index is 7.12. The quantitative estimate of drug-likeness (QED) is 0.177. The van der Waals surface area contributed by atoms with Gasteiger partial charge in [-0.3, -0.25) is 0 Å².